The van der Waals surface area contributed by atoms with Crippen LogP contribution in [0.1, 0.15) is 141 Å². The van der Waals surface area contributed by atoms with Crippen molar-refractivity contribution in [3.8, 4) is 0 Å². The number of carbonyl (C=O) groups excluding carboxylic acids is 8. The highest BCUT2D eigenvalue weighted by atomic mass is 19.1. The highest BCUT2D eigenvalue weighted by molar-refractivity contribution is 6.18. The van der Waals surface area contributed by atoms with Crippen molar-refractivity contribution in [2.24, 2.45) is 0 Å². The molecular formula is C102H112F4N32O9. The molecule has 0 bridgehead atoms. The average molecular weight is 2010 g/mol. The maximum absolute atomic E-state index is 13.6. The quantitative estimate of drug-likeness (QED) is 0.00809. The lowest BCUT2D eigenvalue weighted by Gasteiger charge is -2.35. The maximum Gasteiger partial charge on any atom is 0.254 e. The second kappa shape index (κ2) is 46.9. The van der Waals surface area contributed by atoms with Gasteiger partial charge in [-0.2, -0.15) is 78.3 Å². The summed E-state index contributed by atoms with van der Waals surface area (Å²) >= 11 is 0. The summed E-state index contributed by atoms with van der Waals surface area (Å²) in [5.74, 6) is 0.650. The fraction of sp³-hybridized carbons (Fsp3) is 0.363. The van der Waals surface area contributed by atoms with Gasteiger partial charge in [0.25, 0.3) is 23.6 Å². The van der Waals surface area contributed by atoms with E-state index < -0.39 is 23.6 Å². The number of anilines is 9. The van der Waals surface area contributed by atoms with Crippen molar-refractivity contribution in [3.63, 3.8) is 0 Å². The van der Waals surface area contributed by atoms with Crippen molar-refractivity contribution in [2.75, 3.05) is 140 Å². The first-order valence-electron chi connectivity index (χ1n) is 49.3. The molecule has 41 nitrogen and oxygen atoms in total. The Kier molecular flexibility index (Phi) is 32.1. The molecule has 21 rings (SSSR count). The Morgan fingerprint density at radius 1 is 0.388 bits per heavy atom. The maximum atomic E-state index is 13.6. The molecule has 8 fully saturated rings. The molecule has 0 spiro atoms. The molecular weight excluding hydrogens is 1890 g/mol. The van der Waals surface area contributed by atoms with Crippen LogP contribution in [0, 0.1) is 23.3 Å². The molecule has 2 saturated carbocycles. The zero-order valence-electron chi connectivity index (χ0n) is 81.0. The molecule has 4 aromatic carbocycles. The molecule has 0 unspecified atom stereocenters. The zero-order valence-corrected chi connectivity index (χ0v) is 81.0. The molecule has 13 aromatic rings. The van der Waals surface area contributed by atoms with E-state index in [0.29, 0.717) is 199 Å². The van der Waals surface area contributed by atoms with Gasteiger partial charge in [-0.3, -0.25) is 59.6 Å². The van der Waals surface area contributed by atoms with Crippen LogP contribution >= 0.6 is 0 Å². The van der Waals surface area contributed by atoms with Crippen LogP contribution in [0.5, 0.6) is 0 Å². The van der Waals surface area contributed by atoms with E-state index in [1.54, 1.807) is 97.6 Å². The van der Waals surface area contributed by atoms with E-state index in [4.69, 9.17) is 19.9 Å². The highest BCUT2D eigenvalue weighted by Gasteiger charge is 2.33. The highest BCUT2D eigenvalue weighted by Crippen LogP contribution is 2.32. The van der Waals surface area contributed by atoms with E-state index in [-0.39, 0.29) is 90.8 Å². The van der Waals surface area contributed by atoms with E-state index in [1.807, 2.05) is 42.5 Å². The summed E-state index contributed by atoms with van der Waals surface area (Å²) in [6, 6.07) is 32.8. The number of likely N-dealkylation sites (tertiary alicyclic amines) is 1. The Bertz CT molecular complexity index is 7180. The van der Waals surface area contributed by atoms with Gasteiger partial charge in [0.2, 0.25) is 71.2 Å². The zero-order chi connectivity index (χ0) is 102. The van der Waals surface area contributed by atoms with Gasteiger partial charge in [0.15, 0.2) is 22.6 Å². The number of aliphatic hydroxyl groups excluding tert-OH is 1. The smallest absolute Gasteiger partial charge is 0.254 e. The molecule has 12 N–H and O–H groups in total. The minimum atomic E-state index is -0.420. The van der Waals surface area contributed by atoms with Gasteiger partial charge in [0, 0.05) is 128 Å². The molecule has 8 amide bonds. The minimum Gasteiger partial charge on any atom is -0.393 e. The molecule has 762 valence electrons. The number of fused-ring (bicyclic) bond motifs is 4. The van der Waals surface area contributed by atoms with Crippen molar-refractivity contribution < 1.29 is 61.0 Å². The van der Waals surface area contributed by atoms with Crippen LogP contribution in [0.25, 0.3) is 46.9 Å². The van der Waals surface area contributed by atoms with Gasteiger partial charge in [-0.1, -0.05) is 54.6 Å². The monoisotopic (exact) mass is 2000 g/mol. The molecule has 0 radical (unpaired) electrons. The largest absolute Gasteiger partial charge is 0.393 e. The number of benzene rings is 4. The number of imide groups is 4. The lowest BCUT2D eigenvalue weighted by Crippen LogP contribution is -2.47. The summed E-state index contributed by atoms with van der Waals surface area (Å²) in [6.45, 7) is 8.96. The fourth-order valence-corrected chi connectivity index (χ4v) is 18.6. The van der Waals surface area contributed by atoms with Crippen molar-refractivity contribution in [1.82, 2.24) is 114 Å². The first-order chi connectivity index (χ1) is 71.4. The van der Waals surface area contributed by atoms with Gasteiger partial charge >= 0.3 is 0 Å². The normalized spacial score (nSPS) is 19.1. The number of piperazine rings is 1. The van der Waals surface area contributed by atoms with E-state index in [9.17, 15) is 61.0 Å². The lowest BCUT2D eigenvalue weighted by atomic mass is 9.91. The van der Waals surface area contributed by atoms with Crippen LogP contribution in [0.2, 0.25) is 0 Å². The van der Waals surface area contributed by atoms with Crippen LogP contribution < -0.4 is 68.3 Å². The lowest BCUT2D eigenvalue weighted by molar-refractivity contribution is -0.125. The summed E-state index contributed by atoms with van der Waals surface area (Å²) in [5, 5.41) is 60.0. The predicted molar refractivity (Wildman–Crippen MR) is 543 cm³/mol. The fourth-order valence-electron chi connectivity index (χ4n) is 18.6. The Balaban J connectivity index is 0.000000128. The third kappa shape index (κ3) is 26.2. The number of hydrogen-bond acceptors (Lipinski definition) is 33. The number of amides is 8. The molecule has 6 saturated heterocycles. The molecule has 2 aliphatic carbocycles. The van der Waals surface area contributed by atoms with E-state index in [2.05, 4.69) is 137 Å². The van der Waals surface area contributed by atoms with Crippen LogP contribution in [0.3, 0.4) is 0 Å². The molecule has 8 aliphatic rings. The number of hydrogen-bond donors (Lipinski definition) is 12. The van der Waals surface area contributed by atoms with Gasteiger partial charge in [0.1, 0.15) is 29.1 Å². The van der Waals surface area contributed by atoms with Gasteiger partial charge in [-0.15, -0.1) is 0 Å². The van der Waals surface area contributed by atoms with Gasteiger partial charge < -0.3 is 61.9 Å². The van der Waals surface area contributed by atoms with E-state index in [1.165, 1.54) is 61.4 Å². The summed E-state index contributed by atoms with van der Waals surface area (Å²) in [4.78, 5) is 146. The number of rotatable bonds is 32. The number of nitrogens with zero attached hydrogens (tertiary/aromatic N) is 21. The van der Waals surface area contributed by atoms with Crippen LogP contribution in [-0.4, -0.2) is 262 Å². The second-order valence-electron chi connectivity index (χ2n) is 37.2. The van der Waals surface area contributed by atoms with Crippen molar-refractivity contribution in [2.45, 2.75) is 146 Å². The third-order valence-electron chi connectivity index (χ3n) is 26.3. The van der Waals surface area contributed by atoms with Gasteiger partial charge in [-0.25, -0.2) is 22.5 Å². The summed E-state index contributed by atoms with van der Waals surface area (Å²) in [5.41, 5.74) is 9.36. The molecule has 147 heavy (non-hydrogen) atoms. The summed E-state index contributed by atoms with van der Waals surface area (Å²) < 4.78 is 60.5. The Labute approximate surface area is 840 Å². The third-order valence-corrected chi connectivity index (χ3v) is 26.3. The number of aliphatic hydroxyl groups is 1. The Morgan fingerprint density at radius 2 is 0.741 bits per heavy atom. The SMILES string of the molecule is CN(C)C1CCC(Nc2nc(NCCc3cccc(F)c3)n3ncc(/C=C4\CC(=O)NC4=O)c3n2)CC1.O=C1C/C(=C\c2cnn3c(NCCc4cccc(F)c4)nc(N4CCN(c5ccccn5)CC4)nc23)C(=O)N1.O=C1C/C(=C\c2cnn3c(NCCc4cccc(F)c4)nc(NC4CCC(O)CC4)nc23)C(=O)N1.O=C1C/C(=C\c2cnn3c(NCCc4cccc(F)c4)nc(NCCCN4CCCC4)nc23)C(=O)N1. The average Bonchev–Trinajstić information content (AvgIpc) is 1.67. The number of pyridine rings is 1. The van der Waals surface area contributed by atoms with Crippen LogP contribution in [0.15, 0.2) is 169 Å². The first kappa shape index (κ1) is 101. The molecule has 9 aromatic heterocycles. The van der Waals surface area contributed by atoms with Gasteiger partial charge in [0.05, 0.1) is 56.6 Å². The van der Waals surface area contributed by atoms with E-state index >= 15 is 0 Å². The second-order valence-corrected chi connectivity index (χ2v) is 37.2. The Hall–Kier alpha value is -16.5. The Morgan fingerprint density at radius 3 is 1.10 bits per heavy atom. The number of nitrogens with one attached hydrogen (secondary N) is 11. The number of aromatic nitrogens is 17. The number of halogens is 4. The standard InChI is InChI=1S/C27H26FN9O2.C26H31FN8O2.C25H29FN8O2.C24H26FN7O3/c28-21-5-3-4-18(14-21)7-9-30-26-34-27(36-12-10-35(11-13-36)22-6-1-2-8-29-22)33-24-20(17-31-37(24)26)15-19-16-23(38)32-25(19)39;1-34(2)21-8-6-20(7-9-21)30-25-32-23-18(13-17-14-22(36)31-24(17)37)15-29-35(23)26(33-25)28-11-10-16-4-3-5-19(27)12-16;26-20-6-3-5-17(13-20)7-9-28-25-32-24(27-8-4-12-33-10-1-2-11-33)31-22-19(16-29-34(22)25)14-18-15-21(35)30-23(18)36;25-17-3-1-2-14(10-17)8-9-26-24-31-23(28-18-4-6-19(33)7-5-18)30-21-16(13-27-32(21)24)11-15-12-20(34)29-22(15)35/h1-6,8,14-15,17H,7,9-13,16H2,(H,30,33,34)(H,32,38,39);3-5,12-13,15,20-21H,6-11,14H2,1-2H3,(H,31,36,37)(H2,28,30,32,33);3,5-6,13-14,16H,1-2,4,7-12,15H2,(H,30,35,36)(H2,27,28,31,32);1-3,10-11,13,18-19,33H,4-9,12H2,(H,29,34,35)(H2,26,28,30,31)/b19-15+;17-13+;18-14+;15-11+. The van der Waals surface area contributed by atoms with Crippen LogP contribution in [-0.2, 0) is 64.0 Å². The van der Waals surface area contributed by atoms with Crippen molar-refractivity contribution in [1.29, 1.82) is 0 Å². The van der Waals surface area contributed by atoms with E-state index in [0.717, 1.165) is 112 Å². The minimum absolute atomic E-state index is 0.00943. The summed E-state index contributed by atoms with van der Waals surface area (Å²) in [6.07, 6.45) is 27.6. The molecule has 6 aliphatic heterocycles. The number of carbonyl (C=O) groups is 8. The molecule has 0 atom stereocenters. The predicted octanol–water partition coefficient (Wildman–Crippen LogP) is 9.01. The molecule has 15 heterocycles. The molecule has 45 heteroatoms. The topological polar surface area (TPSA) is 487 Å². The summed E-state index contributed by atoms with van der Waals surface area (Å²) in [7, 11) is 4.23. The van der Waals surface area contributed by atoms with Gasteiger partial charge in [-0.05, 0) is 237 Å². The van der Waals surface area contributed by atoms with Crippen molar-refractivity contribution >= 4 is 148 Å². The first-order valence-corrected chi connectivity index (χ1v) is 49.3. The van der Waals surface area contributed by atoms with Crippen LogP contribution in [0.4, 0.5) is 71.0 Å². The van der Waals surface area contributed by atoms with Crippen molar-refractivity contribution in [3.05, 3.63) is 236 Å².